The third-order valence-corrected chi connectivity index (χ3v) is 5.06. The standard InChI is InChI=1S/C14H26N4O/c1-15-9-13(10-15)17-5-3-12(4-6-17)18-8-7-16(2)14(19)11-18/h12-13H,3-11H2,1-2H3. The number of likely N-dealkylation sites (N-methyl/N-ethyl adjacent to an activating group) is 2. The molecule has 0 aromatic heterocycles. The van der Waals surface area contributed by atoms with Crippen molar-refractivity contribution in [2.24, 2.45) is 0 Å². The minimum absolute atomic E-state index is 0.286. The van der Waals surface area contributed by atoms with Crippen LogP contribution in [-0.2, 0) is 4.79 Å². The van der Waals surface area contributed by atoms with Crippen molar-refractivity contribution in [3.63, 3.8) is 0 Å². The Morgan fingerprint density at radius 1 is 0.895 bits per heavy atom. The smallest absolute Gasteiger partial charge is 0.236 e. The van der Waals surface area contributed by atoms with E-state index in [2.05, 4.69) is 21.7 Å². The highest BCUT2D eigenvalue weighted by Crippen LogP contribution is 2.22. The zero-order valence-electron chi connectivity index (χ0n) is 12.2. The molecule has 0 aromatic rings. The molecule has 3 heterocycles. The maximum atomic E-state index is 11.8. The van der Waals surface area contributed by atoms with Crippen LogP contribution in [0.15, 0.2) is 0 Å². The molecule has 1 amide bonds. The second kappa shape index (κ2) is 5.38. The predicted octanol–water partition coefficient (Wildman–Crippen LogP) is -0.461. The van der Waals surface area contributed by atoms with Crippen LogP contribution >= 0.6 is 0 Å². The fourth-order valence-corrected chi connectivity index (χ4v) is 3.60. The first kappa shape index (κ1) is 13.3. The number of hydrogen-bond acceptors (Lipinski definition) is 4. The molecule has 0 N–H and O–H groups in total. The Morgan fingerprint density at radius 3 is 2.16 bits per heavy atom. The molecule has 3 fully saturated rings. The Bertz CT molecular complexity index is 334. The molecule has 19 heavy (non-hydrogen) atoms. The number of likely N-dealkylation sites (tertiary alicyclic amines) is 2. The lowest BCUT2D eigenvalue weighted by molar-refractivity contribution is -0.136. The molecule has 0 aliphatic carbocycles. The number of piperidine rings is 1. The van der Waals surface area contributed by atoms with Gasteiger partial charge in [-0.25, -0.2) is 0 Å². The van der Waals surface area contributed by atoms with E-state index in [4.69, 9.17) is 0 Å². The van der Waals surface area contributed by atoms with Gasteiger partial charge in [0, 0.05) is 58.4 Å². The molecule has 3 aliphatic heterocycles. The van der Waals surface area contributed by atoms with E-state index in [-0.39, 0.29) is 5.91 Å². The Kier molecular flexibility index (Phi) is 3.78. The van der Waals surface area contributed by atoms with Crippen LogP contribution in [0.4, 0.5) is 0 Å². The molecule has 3 rings (SSSR count). The fourth-order valence-electron chi connectivity index (χ4n) is 3.60. The average molecular weight is 266 g/mol. The van der Waals surface area contributed by atoms with Crippen LogP contribution < -0.4 is 0 Å². The number of nitrogens with zero attached hydrogens (tertiary/aromatic N) is 4. The second-order valence-electron chi connectivity index (χ2n) is 6.43. The topological polar surface area (TPSA) is 30.0 Å². The van der Waals surface area contributed by atoms with Crippen LogP contribution in [0.3, 0.4) is 0 Å². The van der Waals surface area contributed by atoms with Gasteiger partial charge in [0.1, 0.15) is 0 Å². The van der Waals surface area contributed by atoms with Crippen molar-refractivity contribution in [3.05, 3.63) is 0 Å². The van der Waals surface area contributed by atoms with Gasteiger partial charge in [-0.3, -0.25) is 14.6 Å². The summed E-state index contributed by atoms with van der Waals surface area (Å²) in [5, 5.41) is 0. The maximum Gasteiger partial charge on any atom is 0.236 e. The summed E-state index contributed by atoms with van der Waals surface area (Å²) in [6, 6.07) is 1.42. The number of carbonyl (C=O) groups is 1. The highest BCUT2D eigenvalue weighted by Gasteiger charge is 2.34. The van der Waals surface area contributed by atoms with Gasteiger partial charge in [0.05, 0.1) is 6.54 Å². The number of amides is 1. The van der Waals surface area contributed by atoms with Crippen LogP contribution in [0, 0.1) is 0 Å². The van der Waals surface area contributed by atoms with Gasteiger partial charge in [0.2, 0.25) is 5.91 Å². The third-order valence-electron chi connectivity index (χ3n) is 5.06. The Morgan fingerprint density at radius 2 is 1.58 bits per heavy atom. The summed E-state index contributed by atoms with van der Waals surface area (Å²) >= 11 is 0. The van der Waals surface area contributed by atoms with E-state index >= 15 is 0 Å². The molecule has 5 heteroatoms. The average Bonchev–Trinajstić information content (AvgIpc) is 2.39. The van der Waals surface area contributed by atoms with Crippen molar-refractivity contribution in [2.75, 3.05) is 59.9 Å². The summed E-state index contributed by atoms with van der Waals surface area (Å²) in [5.41, 5.74) is 0. The summed E-state index contributed by atoms with van der Waals surface area (Å²) in [5.74, 6) is 0.286. The van der Waals surface area contributed by atoms with Gasteiger partial charge in [-0.1, -0.05) is 0 Å². The van der Waals surface area contributed by atoms with Crippen LogP contribution in [0.5, 0.6) is 0 Å². The first-order valence-corrected chi connectivity index (χ1v) is 7.54. The molecule has 0 bridgehead atoms. The summed E-state index contributed by atoms with van der Waals surface area (Å²) in [7, 11) is 4.11. The van der Waals surface area contributed by atoms with E-state index < -0.39 is 0 Å². The van der Waals surface area contributed by atoms with Crippen LogP contribution in [0.25, 0.3) is 0 Å². The fraction of sp³-hybridized carbons (Fsp3) is 0.929. The van der Waals surface area contributed by atoms with Crippen molar-refractivity contribution < 1.29 is 4.79 Å². The molecule has 3 aliphatic rings. The van der Waals surface area contributed by atoms with E-state index in [1.807, 2.05) is 11.9 Å². The quantitative estimate of drug-likeness (QED) is 0.676. The lowest BCUT2D eigenvalue weighted by atomic mass is 9.98. The molecular formula is C14H26N4O. The lowest BCUT2D eigenvalue weighted by Gasteiger charge is -2.48. The molecule has 0 saturated carbocycles. The third kappa shape index (κ3) is 2.78. The van der Waals surface area contributed by atoms with E-state index in [0.717, 1.165) is 19.1 Å². The number of rotatable bonds is 2. The monoisotopic (exact) mass is 266 g/mol. The zero-order valence-corrected chi connectivity index (χ0v) is 12.2. The van der Waals surface area contributed by atoms with E-state index in [1.165, 1.54) is 39.0 Å². The van der Waals surface area contributed by atoms with Gasteiger partial charge in [-0.15, -0.1) is 0 Å². The Balaban J connectivity index is 1.46. The van der Waals surface area contributed by atoms with Gasteiger partial charge in [0.15, 0.2) is 0 Å². The van der Waals surface area contributed by atoms with Gasteiger partial charge in [-0.2, -0.15) is 0 Å². The highest BCUT2D eigenvalue weighted by atomic mass is 16.2. The van der Waals surface area contributed by atoms with Crippen LogP contribution in [0.2, 0.25) is 0 Å². The summed E-state index contributed by atoms with van der Waals surface area (Å²) in [6.07, 6.45) is 2.47. The van der Waals surface area contributed by atoms with E-state index in [1.54, 1.807) is 0 Å². The first-order valence-electron chi connectivity index (χ1n) is 7.54. The molecule has 3 saturated heterocycles. The van der Waals surface area contributed by atoms with E-state index in [0.29, 0.717) is 12.6 Å². The van der Waals surface area contributed by atoms with Crippen molar-refractivity contribution in [2.45, 2.75) is 24.9 Å². The van der Waals surface area contributed by atoms with Gasteiger partial charge >= 0.3 is 0 Å². The van der Waals surface area contributed by atoms with Crippen LogP contribution in [0.1, 0.15) is 12.8 Å². The summed E-state index contributed by atoms with van der Waals surface area (Å²) in [6.45, 7) is 7.47. The number of carbonyl (C=O) groups excluding carboxylic acids is 1. The van der Waals surface area contributed by atoms with E-state index in [9.17, 15) is 4.79 Å². The zero-order chi connectivity index (χ0) is 13.4. The molecular weight excluding hydrogens is 240 g/mol. The van der Waals surface area contributed by atoms with Crippen molar-refractivity contribution >= 4 is 5.91 Å². The normalized spacial score (nSPS) is 29.8. The van der Waals surface area contributed by atoms with Gasteiger partial charge in [0.25, 0.3) is 0 Å². The van der Waals surface area contributed by atoms with Crippen molar-refractivity contribution in [3.8, 4) is 0 Å². The Hall–Kier alpha value is -0.650. The second-order valence-corrected chi connectivity index (χ2v) is 6.43. The molecule has 0 aromatic carbocycles. The largest absolute Gasteiger partial charge is 0.343 e. The van der Waals surface area contributed by atoms with Crippen LogP contribution in [-0.4, -0.2) is 97.5 Å². The highest BCUT2D eigenvalue weighted by molar-refractivity contribution is 5.78. The molecule has 0 radical (unpaired) electrons. The minimum atomic E-state index is 0.286. The molecule has 0 unspecified atom stereocenters. The molecule has 0 spiro atoms. The maximum absolute atomic E-state index is 11.8. The predicted molar refractivity (Wildman–Crippen MR) is 75.1 cm³/mol. The number of hydrogen-bond donors (Lipinski definition) is 0. The van der Waals surface area contributed by atoms with Crippen molar-refractivity contribution in [1.29, 1.82) is 0 Å². The SMILES string of the molecule is CN1CC(N2CCC(N3CCN(C)C(=O)C3)CC2)C1. The number of piperazine rings is 1. The molecule has 108 valence electrons. The Labute approximate surface area is 116 Å². The van der Waals surface area contributed by atoms with Gasteiger partial charge < -0.3 is 9.80 Å². The molecule has 0 atom stereocenters. The van der Waals surface area contributed by atoms with Gasteiger partial charge in [-0.05, 0) is 19.9 Å². The summed E-state index contributed by atoms with van der Waals surface area (Å²) < 4.78 is 0. The summed E-state index contributed by atoms with van der Waals surface area (Å²) in [4.78, 5) is 21.1. The minimum Gasteiger partial charge on any atom is -0.343 e. The first-order chi connectivity index (χ1) is 9.13. The van der Waals surface area contributed by atoms with Crippen molar-refractivity contribution in [1.82, 2.24) is 19.6 Å². The molecule has 5 nitrogen and oxygen atoms in total. The lowest BCUT2D eigenvalue weighted by Crippen LogP contribution is -2.61.